The summed E-state index contributed by atoms with van der Waals surface area (Å²) in [6.45, 7) is 0. The van der Waals surface area contributed by atoms with Gasteiger partial charge in [-0.1, -0.05) is 0 Å². The Balaban J connectivity index is 0. The van der Waals surface area contributed by atoms with Crippen LogP contribution in [0.4, 0.5) is 39.5 Å². The topological polar surface area (TPSA) is 37.3 Å². The fourth-order valence-corrected chi connectivity index (χ4v) is 0.818. The fraction of sp³-hybridized carbons (Fsp3) is 1.00. The second-order valence-electron chi connectivity index (χ2n) is 2.41. The molecule has 0 bridgehead atoms. The average Bonchev–Trinajstić information content (AvgIpc) is 2.00. The molecule has 0 aromatic heterocycles. The van der Waals surface area contributed by atoms with Gasteiger partial charge in [-0.2, -0.15) is 39.5 Å². The molecule has 0 saturated carbocycles. The molecule has 1 radical (unpaired) electrons. The van der Waals surface area contributed by atoms with Gasteiger partial charge in [0.15, 0.2) is 0 Å². The Morgan fingerprint density at radius 1 is 0.765 bits per heavy atom. The second kappa shape index (κ2) is 5.62. The number of rotatable bonds is 3. The van der Waals surface area contributed by atoms with Gasteiger partial charge in [-0.3, -0.25) is 0 Å². The van der Waals surface area contributed by atoms with Gasteiger partial charge in [0.1, 0.15) is 0 Å². The predicted molar refractivity (Wildman–Crippen MR) is 37.4 cm³/mol. The maximum atomic E-state index is 12.2. The summed E-state index contributed by atoms with van der Waals surface area (Å²) in [5.74, 6) is -14.2. The van der Waals surface area contributed by atoms with E-state index in [4.69, 9.17) is 4.55 Å². The normalized spacial score (nSPS) is 16.4. The van der Waals surface area contributed by atoms with Crippen molar-refractivity contribution >= 4 is 62.5 Å². The van der Waals surface area contributed by atoms with Crippen molar-refractivity contribution in [2.75, 3.05) is 0 Å². The Morgan fingerprint density at radius 2 is 1.06 bits per heavy atom. The minimum atomic E-state index is -7.14. The van der Waals surface area contributed by atoms with Gasteiger partial charge in [0.05, 0.1) is 0 Å². The third-order valence-corrected chi connectivity index (χ3v) is 2.03. The molecule has 0 spiro atoms. The van der Waals surface area contributed by atoms with Crippen molar-refractivity contribution in [3.05, 3.63) is 0 Å². The van der Waals surface area contributed by atoms with Gasteiger partial charge in [-0.15, -0.1) is 0 Å². The maximum absolute atomic E-state index is 12.2. The van der Waals surface area contributed by atoms with Crippen LogP contribution < -0.4 is 0 Å². The van der Waals surface area contributed by atoms with Crippen molar-refractivity contribution in [2.45, 2.75) is 23.3 Å². The van der Waals surface area contributed by atoms with Gasteiger partial charge in [-0.25, -0.2) is 4.21 Å². The number of alkyl halides is 9. The zero-order valence-electron chi connectivity index (χ0n) is 7.67. The molecule has 0 rings (SSSR count). The van der Waals surface area contributed by atoms with Crippen molar-refractivity contribution in [2.24, 2.45) is 0 Å². The van der Waals surface area contributed by atoms with Crippen LogP contribution in [0.15, 0.2) is 0 Å². The molecule has 0 amide bonds. The smallest absolute Gasteiger partial charge is 0.301 e. The van der Waals surface area contributed by atoms with Crippen molar-refractivity contribution in [3.63, 3.8) is 0 Å². The van der Waals surface area contributed by atoms with E-state index >= 15 is 0 Å². The molecule has 0 aromatic carbocycles. The predicted octanol–water partition coefficient (Wildman–Crippen LogP) is 2.25. The standard InChI is InChI=1S/C4HF9O2S.K/c5-1(6,3(9,10)11)2(7,8)4(12,13)16(14)15;/h(H,14,15);. The van der Waals surface area contributed by atoms with Crippen molar-refractivity contribution in [3.8, 4) is 0 Å². The van der Waals surface area contributed by atoms with Gasteiger partial charge in [0.2, 0.25) is 11.1 Å². The van der Waals surface area contributed by atoms with Crippen molar-refractivity contribution in [1.29, 1.82) is 0 Å². The Kier molecular flexibility index (Phi) is 6.76. The molecule has 0 saturated heterocycles. The first kappa shape index (κ1) is 20.4. The minimum Gasteiger partial charge on any atom is -0.301 e. The number of halogens is 9. The molecule has 0 aliphatic heterocycles. The first-order chi connectivity index (χ1) is 6.69. The molecule has 1 atom stereocenters. The van der Waals surface area contributed by atoms with Gasteiger partial charge in [0, 0.05) is 51.4 Å². The molecule has 0 aliphatic carbocycles. The molecule has 1 N–H and O–H groups in total. The van der Waals surface area contributed by atoms with Crippen LogP contribution in [0, 0.1) is 0 Å². The van der Waals surface area contributed by atoms with Gasteiger partial charge in [-0.05, 0) is 0 Å². The summed E-state index contributed by atoms with van der Waals surface area (Å²) < 4.78 is 124. The van der Waals surface area contributed by atoms with E-state index in [1.165, 1.54) is 0 Å². The third-order valence-electron chi connectivity index (χ3n) is 1.34. The maximum Gasteiger partial charge on any atom is 0.460 e. The van der Waals surface area contributed by atoms with E-state index in [1.54, 1.807) is 0 Å². The van der Waals surface area contributed by atoms with Crippen LogP contribution in [0.1, 0.15) is 0 Å². The summed E-state index contributed by atoms with van der Waals surface area (Å²) in [6, 6.07) is 0. The molecule has 0 fully saturated rings. The number of hydrogen-bond donors (Lipinski definition) is 1. The first-order valence-electron chi connectivity index (χ1n) is 3.00. The largest absolute Gasteiger partial charge is 0.460 e. The van der Waals surface area contributed by atoms with Crippen LogP contribution in [0.2, 0.25) is 0 Å². The van der Waals surface area contributed by atoms with Crippen molar-refractivity contribution in [1.82, 2.24) is 0 Å². The van der Waals surface area contributed by atoms with E-state index in [9.17, 15) is 43.7 Å². The molecule has 17 heavy (non-hydrogen) atoms. The summed E-state index contributed by atoms with van der Waals surface area (Å²) in [7, 11) is 0. The number of hydrogen-bond acceptors (Lipinski definition) is 1. The van der Waals surface area contributed by atoms with Crippen LogP contribution in [-0.4, -0.2) is 83.4 Å². The van der Waals surface area contributed by atoms with E-state index in [0.717, 1.165) is 0 Å². The van der Waals surface area contributed by atoms with E-state index in [2.05, 4.69) is 0 Å². The summed E-state index contributed by atoms with van der Waals surface area (Å²) in [6.07, 6.45) is -6.99. The van der Waals surface area contributed by atoms with Crippen LogP contribution in [0.5, 0.6) is 0 Å². The van der Waals surface area contributed by atoms with Crippen LogP contribution in [0.25, 0.3) is 0 Å². The van der Waals surface area contributed by atoms with E-state index in [1.807, 2.05) is 0 Å². The van der Waals surface area contributed by atoms with Gasteiger partial charge in [0.25, 0.3) is 0 Å². The fourth-order valence-electron chi connectivity index (χ4n) is 0.470. The molecule has 0 aromatic rings. The zero-order valence-corrected chi connectivity index (χ0v) is 11.6. The summed E-state index contributed by atoms with van der Waals surface area (Å²) in [4.78, 5) is 0. The SMILES string of the molecule is O=S(O)C(F)(F)C(F)(F)C(F)(F)C(F)(F)F.[K]. The quantitative estimate of drug-likeness (QED) is 0.491. The van der Waals surface area contributed by atoms with Gasteiger partial charge >= 0.3 is 23.3 Å². The zero-order chi connectivity index (χ0) is 13.6. The molecule has 2 nitrogen and oxygen atoms in total. The Hall–Kier alpha value is 1.12. The molecule has 1 unspecified atom stereocenters. The summed E-state index contributed by atoms with van der Waals surface area (Å²) >= 11 is -4.89. The van der Waals surface area contributed by atoms with Crippen LogP contribution >= 0.6 is 0 Å². The van der Waals surface area contributed by atoms with E-state index in [0.29, 0.717) is 0 Å². The monoisotopic (exact) mass is 323 g/mol. The molecular formula is C4HF9KO2S. The molecular weight excluding hydrogens is 322 g/mol. The van der Waals surface area contributed by atoms with Crippen LogP contribution in [-0.2, 0) is 11.1 Å². The van der Waals surface area contributed by atoms with E-state index in [-0.39, 0.29) is 51.4 Å². The summed E-state index contributed by atoms with van der Waals surface area (Å²) in [5.41, 5.74) is 0. The second-order valence-corrected chi connectivity index (χ2v) is 3.42. The first-order valence-corrected chi connectivity index (χ1v) is 4.11. The van der Waals surface area contributed by atoms with Crippen molar-refractivity contribution < 1.29 is 48.3 Å². The Bertz CT molecular complexity index is 300. The Labute approximate surface area is 133 Å². The average molecular weight is 323 g/mol. The molecule has 0 heterocycles. The minimum absolute atomic E-state index is 0. The van der Waals surface area contributed by atoms with E-state index < -0.39 is 34.4 Å². The molecule has 99 valence electrons. The van der Waals surface area contributed by atoms with Crippen LogP contribution in [0.3, 0.4) is 0 Å². The molecule has 13 heteroatoms. The molecule has 0 aliphatic rings. The Morgan fingerprint density at radius 3 is 1.24 bits per heavy atom. The third kappa shape index (κ3) is 3.36. The summed E-state index contributed by atoms with van der Waals surface area (Å²) in [5, 5.41) is -6.44. The van der Waals surface area contributed by atoms with Gasteiger partial charge < -0.3 is 4.55 Å².